The number of nitriles is 1. The van der Waals surface area contributed by atoms with Crippen LogP contribution in [-0.2, 0) is 6.54 Å². The van der Waals surface area contributed by atoms with Gasteiger partial charge >= 0.3 is 0 Å². The molecule has 0 spiro atoms. The number of hydrogen-bond donors (Lipinski definition) is 2. The van der Waals surface area contributed by atoms with Crippen LogP contribution in [0.5, 0.6) is 0 Å². The van der Waals surface area contributed by atoms with Crippen molar-refractivity contribution in [1.29, 1.82) is 5.26 Å². The van der Waals surface area contributed by atoms with Crippen molar-refractivity contribution >= 4 is 0 Å². The summed E-state index contributed by atoms with van der Waals surface area (Å²) in [4.78, 5) is 0. The zero-order valence-corrected chi connectivity index (χ0v) is 20.8. The molecule has 0 aromatic carbocycles. The minimum atomic E-state index is -0.852. The van der Waals surface area contributed by atoms with Crippen molar-refractivity contribution < 1.29 is 10.2 Å². The molecule has 3 fully saturated rings. The molecule has 0 amide bonds. The van der Waals surface area contributed by atoms with E-state index in [1.807, 2.05) is 13.8 Å². The summed E-state index contributed by atoms with van der Waals surface area (Å²) >= 11 is 0. The molecule has 3 saturated carbocycles. The Balaban J connectivity index is 1.39. The van der Waals surface area contributed by atoms with Crippen LogP contribution in [0.25, 0.3) is 0 Å². The summed E-state index contributed by atoms with van der Waals surface area (Å²) in [6, 6.07) is 2.14. The third kappa shape index (κ3) is 3.69. The van der Waals surface area contributed by atoms with E-state index in [1.54, 1.807) is 22.6 Å². The standard InChI is InChI=1S/C28H41N3O2/c1-25(32)11-9-20-5-6-21-22-7-8-24(28(4,33)18-31-17-19(15-29)16-30-31)27(22,3)12-10-23(21)26(20,2)14-13-25/h5,16-17,21-24,32-33H,6-14,18H2,1-4H3/t21-,22-,23-,24-,25-,26-,27-,28+/m0/s1. The highest BCUT2D eigenvalue weighted by Gasteiger charge is 2.61. The number of aliphatic hydroxyl groups is 2. The molecule has 33 heavy (non-hydrogen) atoms. The van der Waals surface area contributed by atoms with Gasteiger partial charge in [-0.15, -0.1) is 0 Å². The van der Waals surface area contributed by atoms with E-state index in [1.165, 1.54) is 19.3 Å². The Bertz CT molecular complexity index is 986. The zero-order valence-electron chi connectivity index (χ0n) is 20.8. The lowest BCUT2D eigenvalue weighted by molar-refractivity contribution is -0.106. The van der Waals surface area contributed by atoms with Gasteiger partial charge < -0.3 is 10.2 Å². The first-order valence-electron chi connectivity index (χ1n) is 13.1. The van der Waals surface area contributed by atoms with Crippen LogP contribution in [0.15, 0.2) is 24.0 Å². The largest absolute Gasteiger partial charge is 0.390 e. The highest BCUT2D eigenvalue weighted by molar-refractivity contribution is 5.25. The maximum absolute atomic E-state index is 11.7. The van der Waals surface area contributed by atoms with Crippen LogP contribution >= 0.6 is 0 Å². The van der Waals surface area contributed by atoms with Gasteiger partial charge in [0, 0.05) is 6.20 Å². The van der Waals surface area contributed by atoms with Gasteiger partial charge in [-0.05, 0) is 106 Å². The van der Waals surface area contributed by atoms with Crippen LogP contribution in [0.1, 0.15) is 91.0 Å². The summed E-state index contributed by atoms with van der Waals surface area (Å²) in [5, 5.41) is 35.9. The number of hydrogen-bond acceptors (Lipinski definition) is 4. The van der Waals surface area contributed by atoms with Crippen molar-refractivity contribution in [1.82, 2.24) is 9.78 Å². The van der Waals surface area contributed by atoms with Gasteiger partial charge in [0.15, 0.2) is 0 Å². The summed E-state index contributed by atoms with van der Waals surface area (Å²) in [6.45, 7) is 9.38. The van der Waals surface area contributed by atoms with Crippen LogP contribution in [0.4, 0.5) is 0 Å². The quantitative estimate of drug-likeness (QED) is 0.617. The summed E-state index contributed by atoms with van der Waals surface area (Å²) in [6.07, 6.45) is 15.6. The van der Waals surface area contributed by atoms with Gasteiger partial charge in [0.2, 0.25) is 0 Å². The molecule has 2 N–H and O–H groups in total. The summed E-state index contributed by atoms with van der Waals surface area (Å²) in [5.41, 5.74) is 1.12. The number of rotatable bonds is 3. The van der Waals surface area contributed by atoms with Crippen molar-refractivity contribution in [2.75, 3.05) is 0 Å². The number of allylic oxidation sites excluding steroid dienone is 2. The smallest absolute Gasteiger partial charge is 0.102 e. The molecule has 1 aromatic heterocycles. The lowest BCUT2D eigenvalue weighted by Crippen LogP contribution is -2.53. The normalized spacial score (nSPS) is 44.5. The molecule has 5 nitrogen and oxygen atoms in total. The van der Waals surface area contributed by atoms with Crippen molar-refractivity contribution in [3.05, 3.63) is 29.6 Å². The SMILES string of the molecule is C[C@]1(O)CCC2=CC[C@H]3[C@@H]4CC[C@H]([C@](C)(O)Cn5cc(C#N)cn5)[C@@]4(C)CC[C@@H]3[C@@]2(C)CC1. The Morgan fingerprint density at radius 1 is 1.15 bits per heavy atom. The Kier molecular flexibility index (Phi) is 5.38. The highest BCUT2D eigenvalue weighted by atomic mass is 16.3. The third-order valence-electron chi connectivity index (χ3n) is 10.7. The van der Waals surface area contributed by atoms with Gasteiger partial charge in [0.1, 0.15) is 6.07 Å². The summed E-state index contributed by atoms with van der Waals surface area (Å²) in [7, 11) is 0. The maximum Gasteiger partial charge on any atom is 0.102 e. The van der Waals surface area contributed by atoms with Gasteiger partial charge in [-0.3, -0.25) is 4.68 Å². The molecule has 0 radical (unpaired) electrons. The van der Waals surface area contributed by atoms with E-state index in [0.717, 1.165) is 38.5 Å². The topological polar surface area (TPSA) is 82.1 Å². The second-order valence-corrected chi connectivity index (χ2v) is 12.8. The van der Waals surface area contributed by atoms with Gasteiger partial charge in [0.25, 0.3) is 0 Å². The molecule has 0 aliphatic heterocycles. The molecule has 0 unspecified atom stereocenters. The van der Waals surface area contributed by atoms with E-state index in [2.05, 4.69) is 31.1 Å². The summed E-state index contributed by atoms with van der Waals surface area (Å²) in [5.74, 6) is 2.24. The van der Waals surface area contributed by atoms with E-state index in [9.17, 15) is 10.2 Å². The molecule has 180 valence electrons. The lowest BCUT2D eigenvalue weighted by Gasteiger charge is -2.57. The Morgan fingerprint density at radius 2 is 1.94 bits per heavy atom. The molecular weight excluding hydrogens is 410 g/mol. The number of fused-ring (bicyclic) bond motifs is 5. The Morgan fingerprint density at radius 3 is 2.67 bits per heavy atom. The van der Waals surface area contributed by atoms with Gasteiger partial charge in [-0.1, -0.05) is 25.5 Å². The van der Waals surface area contributed by atoms with Crippen molar-refractivity contribution in [2.45, 2.75) is 103 Å². The lowest BCUT2D eigenvalue weighted by atomic mass is 9.48. The molecular formula is C28H41N3O2. The first-order chi connectivity index (χ1) is 15.5. The number of aromatic nitrogens is 2. The summed E-state index contributed by atoms with van der Waals surface area (Å²) < 4.78 is 1.74. The van der Waals surface area contributed by atoms with Gasteiger partial charge in [0.05, 0.1) is 29.5 Å². The molecule has 4 aliphatic rings. The van der Waals surface area contributed by atoms with E-state index >= 15 is 0 Å². The third-order valence-corrected chi connectivity index (χ3v) is 10.7. The fourth-order valence-electron chi connectivity index (χ4n) is 8.92. The minimum absolute atomic E-state index is 0.133. The molecule has 1 heterocycles. The van der Waals surface area contributed by atoms with E-state index in [-0.39, 0.29) is 16.7 Å². The Hall–Kier alpha value is -1.64. The molecule has 0 saturated heterocycles. The second-order valence-electron chi connectivity index (χ2n) is 12.8. The van der Waals surface area contributed by atoms with Crippen molar-refractivity contribution in [3.63, 3.8) is 0 Å². The van der Waals surface area contributed by atoms with Crippen LogP contribution in [-0.4, -0.2) is 31.2 Å². The second kappa shape index (κ2) is 7.68. The number of nitrogens with zero attached hydrogens (tertiary/aromatic N) is 3. The highest BCUT2D eigenvalue weighted by Crippen LogP contribution is 2.67. The van der Waals surface area contributed by atoms with Crippen LogP contribution in [0, 0.1) is 45.8 Å². The van der Waals surface area contributed by atoms with E-state index in [4.69, 9.17) is 5.26 Å². The average molecular weight is 452 g/mol. The molecule has 1 aromatic rings. The molecule has 8 atom stereocenters. The minimum Gasteiger partial charge on any atom is -0.390 e. The molecule has 4 aliphatic carbocycles. The van der Waals surface area contributed by atoms with Crippen molar-refractivity contribution in [2.24, 2.45) is 34.5 Å². The monoisotopic (exact) mass is 451 g/mol. The predicted octanol–water partition coefficient (Wildman–Crippen LogP) is 5.23. The van der Waals surface area contributed by atoms with Crippen molar-refractivity contribution in [3.8, 4) is 6.07 Å². The van der Waals surface area contributed by atoms with Gasteiger partial charge in [-0.2, -0.15) is 10.4 Å². The van der Waals surface area contributed by atoms with Crippen LogP contribution in [0.2, 0.25) is 0 Å². The fourth-order valence-corrected chi connectivity index (χ4v) is 8.92. The molecule has 5 rings (SSSR count). The average Bonchev–Trinajstić information content (AvgIpc) is 3.32. The molecule has 5 heteroatoms. The van der Waals surface area contributed by atoms with Crippen LogP contribution < -0.4 is 0 Å². The Labute approximate surface area is 198 Å². The fraction of sp³-hybridized carbons (Fsp3) is 0.786. The maximum atomic E-state index is 11.7. The van der Waals surface area contributed by atoms with E-state index < -0.39 is 11.2 Å². The first-order valence-corrected chi connectivity index (χ1v) is 13.1. The zero-order chi connectivity index (χ0) is 23.6. The van der Waals surface area contributed by atoms with Crippen LogP contribution in [0.3, 0.4) is 0 Å². The van der Waals surface area contributed by atoms with Gasteiger partial charge in [-0.25, -0.2) is 0 Å². The predicted molar refractivity (Wildman–Crippen MR) is 128 cm³/mol. The molecule has 0 bridgehead atoms. The van der Waals surface area contributed by atoms with E-state index in [0.29, 0.717) is 29.9 Å². The first kappa shape index (κ1) is 23.1.